The maximum Gasteiger partial charge on any atom is 0.185 e. The van der Waals surface area contributed by atoms with E-state index in [2.05, 4.69) is 11.9 Å². The van der Waals surface area contributed by atoms with Crippen LogP contribution in [0.2, 0.25) is 0 Å². The van der Waals surface area contributed by atoms with Crippen LogP contribution >= 0.6 is 0 Å². The van der Waals surface area contributed by atoms with E-state index in [0.717, 1.165) is 18.7 Å². The highest BCUT2D eigenvalue weighted by molar-refractivity contribution is 6.04. The van der Waals surface area contributed by atoms with Crippen LogP contribution in [0.5, 0.6) is 0 Å². The highest BCUT2D eigenvalue weighted by atomic mass is 16.1. The summed E-state index contributed by atoms with van der Waals surface area (Å²) in [5.41, 5.74) is 3.26. The second kappa shape index (κ2) is 3.15. The topological polar surface area (TPSA) is 29.1 Å². The van der Waals surface area contributed by atoms with Gasteiger partial charge in [0.15, 0.2) is 5.78 Å². The molecule has 1 aromatic carbocycles. The van der Waals surface area contributed by atoms with Gasteiger partial charge >= 0.3 is 0 Å². The van der Waals surface area contributed by atoms with Gasteiger partial charge in [-0.15, -0.1) is 0 Å². The number of allylic oxidation sites excluding steroid dienone is 1. The number of fused-ring (bicyclic) bond motifs is 1. The van der Waals surface area contributed by atoms with E-state index in [0.29, 0.717) is 0 Å². The highest BCUT2D eigenvalue weighted by Crippen LogP contribution is 2.17. The number of ketones is 1. The van der Waals surface area contributed by atoms with Crippen LogP contribution in [0, 0.1) is 0 Å². The normalized spacial score (nSPS) is 13.8. The Morgan fingerprint density at radius 2 is 2.15 bits per heavy atom. The Balaban J connectivity index is 2.41. The van der Waals surface area contributed by atoms with Gasteiger partial charge < -0.3 is 5.32 Å². The smallest absolute Gasteiger partial charge is 0.185 e. The molecule has 0 atom stereocenters. The van der Waals surface area contributed by atoms with Crippen molar-refractivity contribution in [3.05, 3.63) is 47.5 Å². The molecule has 1 N–H and O–H groups in total. The van der Waals surface area contributed by atoms with Crippen LogP contribution in [-0.4, -0.2) is 5.78 Å². The van der Waals surface area contributed by atoms with Crippen LogP contribution < -0.4 is 5.32 Å². The lowest BCUT2D eigenvalue weighted by molar-refractivity contribution is 0.104. The molecule has 0 aromatic heterocycles. The van der Waals surface area contributed by atoms with Crippen molar-refractivity contribution in [2.24, 2.45) is 0 Å². The average Bonchev–Trinajstić information content (AvgIpc) is 2.63. The van der Waals surface area contributed by atoms with E-state index < -0.39 is 0 Å². The van der Waals surface area contributed by atoms with E-state index in [1.807, 2.05) is 18.2 Å². The maximum absolute atomic E-state index is 11.3. The molecule has 13 heavy (non-hydrogen) atoms. The van der Waals surface area contributed by atoms with E-state index in [1.165, 1.54) is 17.2 Å². The van der Waals surface area contributed by atoms with Crippen LogP contribution in [0.1, 0.15) is 21.5 Å². The minimum absolute atomic E-state index is 0.00491. The third-order valence-corrected chi connectivity index (χ3v) is 2.31. The van der Waals surface area contributed by atoms with Gasteiger partial charge in [-0.05, 0) is 23.3 Å². The van der Waals surface area contributed by atoms with E-state index in [9.17, 15) is 4.79 Å². The van der Waals surface area contributed by atoms with Gasteiger partial charge in [-0.25, -0.2) is 0 Å². The number of nitrogens with one attached hydrogen (secondary N) is 1. The third-order valence-electron chi connectivity index (χ3n) is 2.31. The Morgan fingerprint density at radius 3 is 2.92 bits per heavy atom. The molecule has 2 nitrogen and oxygen atoms in total. The summed E-state index contributed by atoms with van der Waals surface area (Å²) in [5.74, 6) is -0.00491. The molecule has 0 bridgehead atoms. The number of rotatable bonds is 2. The van der Waals surface area contributed by atoms with Gasteiger partial charge in [0.1, 0.15) is 0 Å². The molecule has 1 heterocycles. The standard InChI is InChI=1S/C11H11NO/c1-2-11(13)8-3-4-9-6-12-7-10(9)5-8/h2-5,12H,1,6-7H2. The molecule has 1 aliphatic heterocycles. The van der Waals surface area contributed by atoms with Gasteiger partial charge in [0.05, 0.1) is 0 Å². The van der Waals surface area contributed by atoms with Crippen LogP contribution in [0.15, 0.2) is 30.9 Å². The predicted molar refractivity (Wildman–Crippen MR) is 51.5 cm³/mol. The number of carbonyl (C=O) groups excluding carboxylic acids is 1. The highest BCUT2D eigenvalue weighted by Gasteiger charge is 2.11. The molecular formula is C11H11NO. The number of hydrogen-bond acceptors (Lipinski definition) is 2. The predicted octanol–water partition coefficient (Wildman–Crippen LogP) is 1.66. The number of benzene rings is 1. The Labute approximate surface area is 77.3 Å². The molecule has 0 radical (unpaired) electrons. The lowest BCUT2D eigenvalue weighted by Crippen LogP contribution is -2.00. The van der Waals surface area contributed by atoms with Crippen molar-refractivity contribution in [1.29, 1.82) is 0 Å². The van der Waals surface area contributed by atoms with Crippen LogP contribution in [-0.2, 0) is 13.1 Å². The van der Waals surface area contributed by atoms with Crippen molar-refractivity contribution in [1.82, 2.24) is 5.32 Å². The minimum atomic E-state index is -0.00491. The van der Waals surface area contributed by atoms with E-state index >= 15 is 0 Å². The van der Waals surface area contributed by atoms with Crippen molar-refractivity contribution in [3.8, 4) is 0 Å². The first-order valence-corrected chi connectivity index (χ1v) is 4.30. The van der Waals surface area contributed by atoms with Gasteiger partial charge in [0, 0.05) is 18.7 Å². The van der Waals surface area contributed by atoms with E-state index in [-0.39, 0.29) is 5.78 Å². The van der Waals surface area contributed by atoms with Crippen molar-refractivity contribution in [2.75, 3.05) is 0 Å². The van der Waals surface area contributed by atoms with Crippen LogP contribution in [0.3, 0.4) is 0 Å². The van der Waals surface area contributed by atoms with Gasteiger partial charge in [0.25, 0.3) is 0 Å². The summed E-state index contributed by atoms with van der Waals surface area (Å²) in [6.45, 7) is 5.25. The zero-order valence-electron chi connectivity index (χ0n) is 7.34. The number of hydrogen-bond donors (Lipinski definition) is 1. The first kappa shape index (κ1) is 8.20. The Morgan fingerprint density at radius 1 is 1.38 bits per heavy atom. The zero-order chi connectivity index (χ0) is 9.26. The molecule has 0 saturated heterocycles. The Bertz CT molecular complexity index is 368. The van der Waals surface area contributed by atoms with E-state index in [4.69, 9.17) is 0 Å². The maximum atomic E-state index is 11.3. The largest absolute Gasteiger partial charge is 0.309 e. The van der Waals surface area contributed by atoms with Crippen molar-refractivity contribution in [3.63, 3.8) is 0 Å². The quantitative estimate of drug-likeness (QED) is 0.544. The molecule has 0 saturated carbocycles. The summed E-state index contributed by atoms with van der Waals surface area (Å²) in [4.78, 5) is 11.3. The summed E-state index contributed by atoms with van der Waals surface area (Å²) in [7, 11) is 0. The average molecular weight is 173 g/mol. The van der Waals surface area contributed by atoms with Gasteiger partial charge in [-0.1, -0.05) is 18.7 Å². The molecule has 66 valence electrons. The second-order valence-corrected chi connectivity index (χ2v) is 3.16. The van der Waals surface area contributed by atoms with Crippen molar-refractivity contribution in [2.45, 2.75) is 13.1 Å². The third kappa shape index (κ3) is 1.40. The Hall–Kier alpha value is -1.41. The first-order valence-electron chi connectivity index (χ1n) is 4.30. The molecule has 0 unspecified atom stereocenters. The number of carbonyl (C=O) groups is 1. The molecule has 0 aliphatic carbocycles. The molecule has 0 spiro atoms. The summed E-state index contributed by atoms with van der Waals surface area (Å²) in [5, 5.41) is 3.23. The lowest BCUT2D eigenvalue weighted by Gasteiger charge is -1.99. The van der Waals surface area contributed by atoms with Crippen LogP contribution in [0.4, 0.5) is 0 Å². The second-order valence-electron chi connectivity index (χ2n) is 3.16. The molecule has 2 rings (SSSR count). The zero-order valence-corrected chi connectivity index (χ0v) is 7.34. The molecule has 0 fully saturated rings. The summed E-state index contributed by atoms with van der Waals surface area (Å²) in [6, 6.07) is 5.81. The SMILES string of the molecule is C=CC(=O)c1ccc2c(c1)CNC2. The van der Waals surface area contributed by atoms with E-state index in [1.54, 1.807) is 0 Å². The molecule has 0 amide bonds. The minimum Gasteiger partial charge on any atom is -0.309 e. The molecule has 2 heteroatoms. The monoisotopic (exact) mass is 173 g/mol. The van der Waals surface area contributed by atoms with Crippen molar-refractivity contribution < 1.29 is 4.79 Å². The van der Waals surface area contributed by atoms with Gasteiger partial charge in [-0.2, -0.15) is 0 Å². The fraction of sp³-hybridized carbons (Fsp3) is 0.182. The molecule has 1 aromatic rings. The van der Waals surface area contributed by atoms with Gasteiger partial charge in [-0.3, -0.25) is 4.79 Å². The van der Waals surface area contributed by atoms with Gasteiger partial charge in [0.2, 0.25) is 0 Å². The molecular weight excluding hydrogens is 162 g/mol. The van der Waals surface area contributed by atoms with Crippen LogP contribution in [0.25, 0.3) is 0 Å². The first-order chi connectivity index (χ1) is 6.31. The fourth-order valence-electron chi connectivity index (χ4n) is 1.57. The van der Waals surface area contributed by atoms with Crippen molar-refractivity contribution >= 4 is 5.78 Å². The summed E-state index contributed by atoms with van der Waals surface area (Å²) in [6.07, 6.45) is 1.35. The Kier molecular flexibility index (Phi) is 1.99. The lowest BCUT2D eigenvalue weighted by atomic mass is 10.0. The summed E-state index contributed by atoms with van der Waals surface area (Å²) >= 11 is 0. The molecule has 1 aliphatic rings. The fourth-order valence-corrected chi connectivity index (χ4v) is 1.57. The summed E-state index contributed by atoms with van der Waals surface area (Å²) < 4.78 is 0.